The first-order valence-electron chi connectivity index (χ1n) is 6.74. The van der Waals surface area contributed by atoms with E-state index in [0.717, 1.165) is 23.5 Å². The molecular weight excluding hydrogens is 250 g/mol. The quantitative estimate of drug-likeness (QED) is 0.807. The fraction of sp³-hybridized carbons (Fsp3) is 0.714. The van der Waals surface area contributed by atoms with Crippen molar-refractivity contribution in [1.29, 1.82) is 0 Å². The zero-order chi connectivity index (χ0) is 12.1. The molecule has 0 aromatic carbocycles. The van der Waals surface area contributed by atoms with Crippen LogP contribution in [0.2, 0.25) is 5.02 Å². The third-order valence-corrected chi connectivity index (χ3v) is 5.01. The first-order valence-corrected chi connectivity index (χ1v) is 8.00. The van der Waals surface area contributed by atoms with Gasteiger partial charge in [-0.25, -0.2) is 0 Å². The van der Waals surface area contributed by atoms with Crippen molar-refractivity contribution in [2.24, 2.45) is 5.92 Å². The first kappa shape index (κ1) is 13.4. The summed E-state index contributed by atoms with van der Waals surface area (Å²) in [6.45, 7) is 3.28. The SMILES string of the molecule is CCCC1CCC(NCc2cc(Cl)cs2)CC1. The molecule has 1 aliphatic rings. The van der Waals surface area contributed by atoms with E-state index in [2.05, 4.69) is 18.3 Å². The van der Waals surface area contributed by atoms with Gasteiger partial charge in [0.25, 0.3) is 0 Å². The van der Waals surface area contributed by atoms with Gasteiger partial charge < -0.3 is 5.32 Å². The van der Waals surface area contributed by atoms with Crippen molar-refractivity contribution in [3.05, 3.63) is 21.3 Å². The van der Waals surface area contributed by atoms with Crippen LogP contribution in [0.25, 0.3) is 0 Å². The molecule has 0 unspecified atom stereocenters. The van der Waals surface area contributed by atoms with Crippen molar-refractivity contribution in [2.75, 3.05) is 0 Å². The van der Waals surface area contributed by atoms with E-state index < -0.39 is 0 Å². The molecular formula is C14H22ClNS. The summed E-state index contributed by atoms with van der Waals surface area (Å²) >= 11 is 7.67. The Morgan fingerprint density at radius 3 is 2.71 bits per heavy atom. The van der Waals surface area contributed by atoms with Crippen molar-refractivity contribution in [1.82, 2.24) is 5.32 Å². The molecule has 0 atom stereocenters. The maximum atomic E-state index is 5.92. The van der Waals surface area contributed by atoms with Crippen LogP contribution in [-0.4, -0.2) is 6.04 Å². The second-order valence-corrected chi connectivity index (χ2v) is 6.55. The van der Waals surface area contributed by atoms with Gasteiger partial charge in [-0.2, -0.15) is 0 Å². The highest BCUT2D eigenvalue weighted by molar-refractivity contribution is 7.10. The lowest BCUT2D eigenvalue weighted by Crippen LogP contribution is -2.32. The van der Waals surface area contributed by atoms with E-state index in [1.54, 1.807) is 11.3 Å². The standard InChI is InChI=1S/C14H22ClNS/c1-2-3-11-4-6-13(7-5-11)16-9-14-8-12(15)10-17-14/h8,10-11,13,16H,2-7,9H2,1H3. The third kappa shape index (κ3) is 4.27. The summed E-state index contributed by atoms with van der Waals surface area (Å²) < 4.78 is 0. The lowest BCUT2D eigenvalue weighted by molar-refractivity contribution is 0.278. The van der Waals surface area contributed by atoms with E-state index in [1.165, 1.54) is 43.4 Å². The Hall–Kier alpha value is -0.0500. The Morgan fingerprint density at radius 2 is 2.12 bits per heavy atom. The average Bonchev–Trinajstić information content (AvgIpc) is 2.75. The van der Waals surface area contributed by atoms with Crippen LogP contribution in [0.1, 0.15) is 50.3 Å². The average molecular weight is 272 g/mol. The maximum Gasteiger partial charge on any atom is 0.0516 e. The lowest BCUT2D eigenvalue weighted by Gasteiger charge is -2.28. The Kier molecular flexibility index (Phi) is 5.33. The minimum absolute atomic E-state index is 0.726. The van der Waals surface area contributed by atoms with Gasteiger partial charge in [0.1, 0.15) is 0 Å². The van der Waals surface area contributed by atoms with E-state index in [4.69, 9.17) is 11.6 Å². The Morgan fingerprint density at radius 1 is 1.35 bits per heavy atom. The smallest absolute Gasteiger partial charge is 0.0516 e. The number of hydrogen-bond donors (Lipinski definition) is 1. The van der Waals surface area contributed by atoms with Crippen LogP contribution in [0.15, 0.2) is 11.4 Å². The molecule has 1 nitrogen and oxygen atoms in total. The van der Waals surface area contributed by atoms with Crippen LogP contribution in [0.3, 0.4) is 0 Å². The molecule has 2 rings (SSSR count). The predicted molar refractivity (Wildman–Crippen MR) is 76.8 cm³/mol. The highest BCUT2D eigenvalue weighted by Crippen LogP contribution is 2.28. The summed E-state index contributed by atoms with van der Waals surface area (Å²) in [6.07, 6.45) is 8.30. The van der Waals surface area contributed by atoms with E-state index in [9.17, 15) is 0 Å². The molecule has 3 heteroatoms. The van der Waals surface area contributed by atoms with Gasteiger partial charge in [0, 0.05) is 22.8 Å². The molecule has 1 heterocycles. The van der Waals surface area contributed by atoms with Crippen molar-refractivity contribution >= 4 is 22.9 Å². The molecule has 1 aromatic heterocycles. The van der Waals surface area contributed by atoms with Crippen LogP contribution < -0.4 is 5.32 Å². The summed E-state index contributed by atoms with van der Waals surface area (Å²) in [5.41, 5.74) is 0. The van der Waals surface area contributed by atoms with Crippen LogP contribution in [0, 0.1) is 5.92 Å². The molecule has 1 N–H and O–H groups in total. The first-order chi connectivity index (χ1) is 8.28. The van der Waals surface area contributed by atoms with Gasteiger partial charge in [0.05, 0.1) is 5.02 Å². The second kappa shape index (κ2) is 6.77. The molecule has 0 saturated heterocycles. The van der Waals surface area contributed by atoms with Crippen molar-refractivity contribution in [3.8, 4) is 0 Å². The van der Waals surface area contributed by atoms with Gasteiger partial charge in [0.15, 0.2) is 0 Å². The fourth-order valence-electron chi connectivity index (χ4n) is 2.75. The zero-order valence-corrected chi connectivity index (χ0v) is 12.1. The monoisotopic (exact) mass is 271 g/mol. The largest absolute Gasteiger partial charge is 0.309 e. The van der Waals surface area contributed by atoms with Crippen LogP contribution >= 0.6 is 22.9 Å². The molecule has 1 fully saturated rings. The Bertz CT molecular complexity index is 329. The Labute approximate surface area is 114 Å². The second-order valence-electron chi connectivity index (χ2n) is 5.12. The third-order valence-electron chi connectivity index (χ3n) is 3.73. The van der Waals surface area contributed by atoms with Crippen molar-refractivity contribution < 1.29 is 0 Å². The van der Waals surface area contributed by atoms with Crippen LogP contribution in [0.4, 0.5) is 0 Å². The van der Waals surface area contributed by atoms with E-state index >= 15 is 0 Å². The van der Waals surface area contributed by atoms with Gasteiger partial charge in [-0.15, -0.1) is 11.3 Å². The summed E-state index contributed by atoms with van der Waals surface area (Å²) in [5, 5.41) is 6.55. The number of halogens is 1. The highest BCUT2D eigenvalue weighted by atomic mass is 35.5. The normalized spacial score (nSPS) is 25.1. The number of thiophene rings is 1. The molecule has 0 spiro atoms. The molecule has 1 saturated carbocycles. The molecule has 96 valence electrons. The summed E-state index contributed by atoms with van der Waals surface area (Å²) in [4.78, 5) is 1.35. The maximum absolute atomic E-state index is 5.92. The zero-order valence-electron chi connectivity index (χ0n) is 10.5. The molecule has 0 bridgehead atoms. The topological polar surface area (TPSA) is 12.0 Å². The van der Waals surface area contributed by atoms with Gasteiger partial charge in [0.2, 0.25) is 0 Å². The van der Waals surface area contributed by atoms with Gasteiger partial charge in [-0.05, 0) is 37.7 Å². The van der Waals surface area contributed by atoms with Crippen molar-refractivity contribution in [3.63, 3.8) is 0 Å². The number of hydrogen-bond acceptors (Lipinski definition) is 2. The van der Waals surface area contributed by atoms with E-state index in [0.29, 0.717) is 0 Å². The molecule has 17 heavy (non-hydrogen) atoms. The predicted octanol–water partition coefficient (Wildman–Crippen LogP) is 4.85. The van der Waals surface area contributed by atoms with Crippen molar-refractivity contribution in [2.45, 2.75) is 58.0 Å². The molecule has 0 amide bonds. The lowest BCUT2D eigenvalue weighted by atomic mass is 9.83. The molecule has 0 radical (unpaired) electrons. The van der Waals surface area contributed by atoms with Crippen LogP contribution in [-0.2, 0) is 6.54 Å². The summed E-state index contributed by atoms with van der Waals surface area (Å²) in [6, 6.07) is 2.80. The minimum Gasteiger partial charge on any atom is -0.309 e. The molecule has 1 aromatic rings. The molecule has 1 aliphatic carbocycles. The number of nitrogens with one attached hydrogen (secondary N) is 1. The highest BCUT2D eigenvalue weighted by Gasteiger charge is 2.19. The van der Waals surface area contributed by atoms with E-state index in [-0.39, 0.29) is 0 Å². The van der Waals surface area contributed by atoms with Gasteiger partial charge in [-0.1, -0.05) is 31.4 Å². The number of rotatable bonds is 5. The minimum atomic E-state index is 0.726. The summed E-state index contributed by atoms with van der Waals surface area (Å²) in [5.74, 6) is 0.995. The summed E-state index contributed by atoms with van der Waals surface area (Å²) in [7, 11) is 0. The fourth-order valence-corrected chi connectivity index (χ4v) is 3.78. The molecule has 0 aliphatic heterocycles. The van der Waals surface area contributed by atoms with Crippen LogP contribution in [0.5, 0.6) is 0 Å². The van der Waals surface area contributed by atoms with Gasteiger partial charge in [-0.3, -0.25) is 0 Å². The van der Waals surface area contributed by atoms with E-state index in [1.807, 2.05) is 5.38 Å². The Balaban J connectivity index is 1.68. The van der Waals surface area contributed by atoms with Gasteiger partial charge >= 0.3 is 0 Å².